The lowest BCUT2D eigenvalue weighted by Gasteiger charge is -2.19. The molecule has 0 saturated carbocycles. The van der Waals surface area contributed by atoms with Crippen LogP contribution in [-0.4, -0.2) is 11.2 Å². The number of fused-ring (bicyclic) bond motifs is 1. The zero-order valence-corrected chi connectivity index (χ0v) is 15.6. The minimum absolute atomic E-state index is 0.540. The van der Waals surface area contributed by atoms with Crippen molar-refractivity contribution in [3.05, 3.63) is 81.5 Å². The van der Waals surface area contributed by atoms with Gasteiger partial charge < -0.3 is 4.98 Å². The maximum absolute atomic E-state index is 13.5. The van der Waals surface area contributed by atoms with Crippen molar-refractivity contribution < 1.29 is 13.2 Å². The van der Waals surface area contributed by atoms with Crippen molar-refractivity contribution in [2.45, 2.75) is 18.5 Å². The number of halogens is 4. The molecule has 27 heavy (non-hydrogen) atoms. The lowest BCUT2D eigenvalue weighted by Crippen LogP contribution is -2.14. The van der Waals surface area contributed by atoms with Gasteiger partial charge in [-0.3, -0.25) is 0 Å². The minimum Gasteiger partial charge on any atom is -0.354 e. The summed E-state index contributed by atoms with van der Waals surface area (Å²) in [5, 5.41) is 3.12. The minimum atomic E-state index is -4.28. The van der Waals surface area contributed by atoms with E-state index in [1.165, 1.54) is 11.3 Å². The molecule has 0 fully saturated rings. The van der Waals surface area contributed by atoms with Crippen LogP contribution in [0.3, 0.4) is 0 Å². The van der Waals surface area contributed by atoms with Crippen LogP contribution < -0.4 is 0 Å². The van der Waals surface area contributed by atoms with Crippen molar-refractivity contribution in [3.8, 4) is 11.3 Å². The van der Waals surface area contributed by atoms with Gasteiger partial charge in [-0.15, -0.1) is 11.3 Å². The van der Waals surface area contributed by atoms with Crippen LogP contribution in [0.5, 0.6) is 0 Å². The number of thiophene rings is 1. The summed E-state index contributed by atoms with van der Waals surface area (Å²) < 4.78 is 40.4. The average molecular weight is 406 g/mol. The molecule has 0 saturated heterocycles. The normalized spacial score (nSPS) is 13.2. The fraction of sp³-hybridized carbons (Fsp3) is 0.143. The number of nitrogens with one attached hydrogen (secondary N) is 1. The molecule has 1 unspecified atom stereocenters. The lowest BCUT2D eigenvalue weighted by molar-refractivity contribution is -0.136. The fourth-order valence-corrected chi connectivity index (χ4v) is 4.46. The molecule has 0 aliphatic rings. The predicted octanol–water partition coefficient (Wildman–Crippen LogP) is 7.63. The highest BCUT2D eigenvalue weighted by atomic mass is 35.5. The Bertz CT molecular complexity index is 1050. The van der Waals surface area contributed by atoms with E-state index in [2.05, 4.69) is 4.98 Å². The number of rotatable bonds is 4. The van der Waals surface area contributed by atoms with E-state index in [0.29, 0.717) is 21.2 Å². The Morgan fingerprint density at radius 1 is 1.00 bits per heavy atom. The van der Waals surface area contributed by atoms with Crippen LogP contribution in [0.2, 0.25) is 5.02 Å². The number of H-pyrrole nitrogens is 1. The molecule has 2 aromatic heterocycles. The molecule has 0 amide bonds. The van der Waals surface area contributed by atoms with Gasteiger partial charge in [-0.25, -0.2) is 0 Å². The van der Waals surface area contributed by atoms with E-state index in [9.17, 15) is 13.2 Å². The van der Waals surface area contributed by atoms with E-state index in [1.54, 1.807) is 30.3 Å². The molecule has 0 radical (unpaired) electrons. The van der Waals surface area contributed by atoms with Gasteiger partial charge in [-0.2, -0.15) is 13.2 Å². The van der Waals surface area contributed by atoms with Gasteiger partial charge in [0.2, 0.25) is 0 Å². The van der Waals surface area contributed by atoms with Crippen LogP contribution in [0.4, 0.5) is 13.2 Å². The Balaban J connectivity index is 2.00. The first-order chi connectivity index (χ1) is 12.9. The summed E-state index contributed by atoms with van der Waals surface area (Å²) >= 11 is 7.46. The number of benzene rings is 2. The number of hydrogen-bond donors (Lipinski definition) is 1. The van der Waals surface area contributed by atoms with E-state index in [-0.39, 0.29) is 0 Å². The van der Waals surface area contributed by atoms with Gasteiger partial charge in [0, 0.05) is 26.7 Å². The van der Waals surface area contributed by atoms with Gasteiger partial charge in [-0.05, 0) is 34.7 Å². The van der Waals surface area contributed by atoms with E-state index in [4.69, 9.17) is 11.6 Å². The maximum Gasteiger partial charge on any atom is 0.390 e. The van der Waals surface area contributed by atoms with Crippen molar-refractivity contribution in [1.82, 2.24) is 4.98 Å². The molecule has 1 nitrogen and oxygen atoms in total. The molecule has 4 rings (SSSR count). The largest absolute Gasteiger partial charge is 0.390 e. The van der Waals surface area contributed by atoms with Crippen LogP contribution in [0, 0.1) is 0 Å². The molecule has 138 valence electrons. The van der Waals surface area contributed by atoms with Gasteiger partial charge in [0.25, 0.3) is 0 Å². The third-order valence-electron chi connectivity index (χ3n) is 4.53. The zero-order valence-electron chi connectivity index (χ0n) is 14.1. The van der Waals surface area contributed by atoms with Crippen LogP contribution in [0.15, 0.2) is 66.0 Å². The van der Waals surface area contributed by atoms with Crippen LogP contribution in [0.1, 0.15) is 22.8 Å². The first kappa shape index (κ1) is 18.1. The van der Waals surface area contributed by atoms with Crippen LogP contribution in [0.25, 0.3) is 22.2 Å². The van der Waals surface area contributed by atoms with Crippen molar-refractivity contribution in [3.63, 3.8) is 0 Å². The van der Waals surface area contributed by atoms with Crippen molar-refractivity contribution >= 4 is 33.8 Å². The molecule has 2 heterocycles. The van der Waals surface area contributed by atoms with Gasteiger partial charge in [0.15, 0.2) is 0 Å². The molecule has 6 heteroatoms. The SMILES string of the molecule is FC(F)(F)CC(c1cccs1)c1c(-c2ccccc2)[nH]c2cc(Cl)ccc12. The first-order valence-corrected chi connectivity index (χ1v) is 9.65. The van der Waals surface area contributed by atoms with E-state index < -0.39 is 18.5 Å². The number of hydrogen-bond acceptors (Lipinski definition) is 1. The van der Waals surface area contributed by atoms with Crippen molar-refractivity contribution in [2.24, 2.45) is 0 Å². The molecule has 0 bridgehead atoms. The van der Waals surface area contributed by atoms with Crippen LogP contribution >= 0.6 is 22.9 Å². The van der Waals surface area contributed by atoms with Crippen LogP contribution in [-0.2, 0) is 0 Å². The third-order valence-corrected chi connectivity index (χ3v) is 5.76. The van der Waals surface area contributed by atoms with Gasteiger partial charge in [0.05, 0.1) is 12.1 Å². The van der Waals surface area contributed by atoms with Crippen molar-refractivity contribution in [2.75, 3.05) is 0 Å². The summed E-state index contributed by atoms with van der Waals surface area (Å²) in [6.07, 6.45) is -5.19. The molecule has 0 aliphatic carbocycles. The first-order valence-electron chi connectivity index (χ1n) is 8.39. The maximum atomic E-state index is 13.5. The third kappa shape index (κ3) is 3.75. The molecule has 4 aromatic rings. The summed E-state index contributed by atoms with van der Waals surface area (Å²) in [6, 6.07) is 18.3. The summed E-state index contributed by atoms with van der Waals surface area (Å²) in [6.45, 7) is 0. The van der Waals surface area contributed by atoms with Gasteiger partial charge in [-0.1, -0.05) is 54.1 Å². The highest BCUT2D eigenvalue weighted by Gasteiger charge is 2.36. The summed E-state index contributed by atoms with van der Waals surface area (Å²) in [7, 11) is 0. The highest BCUT2D eigenvalue weighted by molar-refractivity contribution is 7.10. The zero-order chi connectivity index (χ0) is 19.0. The number of aromatic nitrogens is 1. The molecule has 1 N–H and O–H groups in total. The number of alkyl halides is 3. The standard InChI is InChI=1S/C21H15ClF3NS/c22-14-8-9-15-17(11-14)26-20(13-5-2-1-3-6-13)19(15)16(12-21(23,24)25)18-7-4-10-27-18/h1-11,16,26H,12H2. The summed E-state index contributed by atoms with van der Waals surface area (Å²) in [5.41, 5.74) is 2.95. The monoisotopic (exact) mass is 405 g/mol. The van der Waals surface area contributed by atoms with E-state index in [1.807, 2.05) is 35.7 Å². The Hall–Kier alpha value is -2.24. The molecule has 1 atom stereocenters. The second kappa shape index (κ2) is 7.06. The highest BCUT2D eigenvalue weighted by Crippen LogP contribution is 2.45. The molecular weight excluding hydrogens is 391 g/mol. The second-order valence-electron chi connectivity index (χ2n) is 6.36. The Morgan fingerprint density at radius 3 is 2.44 bits per heavy atom. The molecule has 0 spiro atoms. The Labute approximate surface area is 163 Å². The molecular formula is C21H15ClF3NS. The van der Waals surface area contributed by atoms with E-state index in [0.717, 1.165) is 16.5 Å². The van der Waals surface area contributed by atoms with Gasteiger partial charge >= 0.3 is 6.18 Å². The summed E-state index contributed by atoms with van der Waals surface area (Å²) in [5.74, 6) is -0.782. The quantitative estimate of drug-likeness (QED) is 0.359. The number of aromatic amines is 1. The predicted molar refractivity (Wildman–Crippen MR) is 106 cm³/mol. The lowest BCUT2D eigenvalue weighted by atomic mass is 9.89. The fourth-order valence-electron chi connectivity index (χ4n) is 3.45. The molecule has 2 aromatic carbocycles. The Kier molecular flexibility index (Phi) is 4.74. The smallest absolute Gasteiger partial charge is 0.354 e. The average Bonchev–Trinajstić information content (AvgIpc) is 3.27. The Morgan fingerprint density at radius 2 is 1.78 bits per heavy atom. The second-order valence-corrected chi connectivity index (χ2v) is 7.77. The van der Waals surface area contributed by atoms with E-state index >= 15 is 0 Å². The summed E-state index contributed by atoms with van der Waals surface area (Å²) in [4.78, 5) is 4.00. The topological polar surface area (TPSA) is 15.8 Å². The van der Waals surface area contributed by atoms with Crippen molar-refractivity contribution in [1.29, 1.82) is 0 Å². The van der Waals surface area contributed by atoms with Gasteiger partial charge in [0.1, 0.15) is 0 Å². The molecule has 0 aliphatic heterocycles.